The molecule has 2 aromatic carbocycles. The number of benzene rings is 2. The van der Waals surface area contributed by atoms with Gasteiger partial charge in [-0.15, -0.1) is 0 Å². The van der Waals surface area contributed by atoms with Gasteiger partial charge in [-0.25, -0.2) is 13.1 Å². The lowest BCUT2D eigenvalue weighted by molar-refractivity contribution is 0.199. The lowest BCUT2D eigenvalue weighted by atomic mass is 10.1. The second-order valence-electron chi connectivity index (χ2n) is 7.87. The molecule has 5 nitrogen and oxygen atoms in total. The highest BCUT2D eigenvalue weighted by atomic mass is 32.2. The molecule has 0 aliphatic carbocycles. The minimum absolute atomic E-state index is 0.0309. The van der Waals surface area contributed by atoms with Crippen LogP contribution in [0.15, 0.2) is 65.7 Å². The summed E-state index contributed by atoms with van der Waals surface area (Å²) in [7, 11) is -1.56. The summed E-state index contributed by atoms with van der Waals surface area (Å²) in [5.41, 5.74) is 1.15. The fraction of sp³-hybridized carbons (Fsp3) is 0.391. The first-order valence-electron chi connectivity index (χ1n) is 10.4. The van der Waals surface area contributed by atoms with E-state index >= 15 is 0 Å². The smallest absolute Gasteiger partial charge is 0.240 e. The molecule has 1 unspecified atom stereocenters. The maximum Gasteiger partial charge on any atom is 0.240 e. The molecule has 2 heterocycles. The largest absolute Gasteiger partial charge is 0.353 e. The average molecular weight is 412 g/mol. The predicted molar refractivity (Wildman–Crippen MR) is 117 cm³/mol. The minimum atomic E-state index is -3.58. The SMILES string of the molecule is Cn1cccc1C(CNS(=O)(=O)c1ccc2ccccc2c1)N1CCCCCC1. The normalized spacial score (nSPS) is 17.3. The van der Waals surface area contributed by atoms with Gasteiger partial charge in [0.2, 0.25) is 10.0 Å². The number of nitrogens with one attached hydrogen (secondary N) is 1. The van der Waals surface area contributed by atoms with Gasteiger partial charge in [-0.1, -0.05) is 43.2 Å². The minimum Gasteiger partial charge on any atom is -0.353 e. The van der Waals surface area contributed by atoms with Crippen molar-refractivity contribution in [3.63, 3.8) is 0 Å². The summed E-state index contributed by atoms with van der Waals surface area (Å²) in [6, 6.07) is 17.3. The summed E-state index contributed by atoms with van der Waals surface area (Å²) >= 11 is 0. The van der Waals surface area contributed by atoms with Crippen molar-refractivity contribution in [3.8, 4) is 0 Å². The Balaban J connectivity index is 1.57. The van der Waals surface area contributed by atoms with E-state index in [1.807, 2.05) is 49.6 Å². The number of sulfonamides is 1. The van der Waals surface area contributed by atoms with E-state index in [2.05, 4.69) is 20.3 Å². The number of hydrogen-bond acceptors (Lipinski definition) is 3. The molecule has 1 fully saturated rings. The Morgan fingerprint density at radius 3 is 2.34 bits per heavy atom. The van der Waals surface area contributed by atoms with Crippen molar-refractivity contribution in [1.29, 1.82) is 0 Å². The first kappa shape index (κ1) is 20.1. The molecule has 1 aliphatic heterocycles. The molecule has 154 valence electrons. The maximum atomic E-state index is 13.0. The molecule has 4 rings (SSSR count). The molecule has 1 aromatic heterocycles. The fourth-order valence-electron chi connectivity index (χ4n) is 4.25. The number of aromatic nitrogens is 1. The Labute approximate surface area is 173 Å². The third-order valence-corrected chi connectivity index (χ3v) is 7.33. The van der Waals surface area contributed by atoms with E-state index in [0.717, 1.165) is 29.6 Å². The van der Waals surface area contributed by atoms with Crippen molar-refractivity contribution >= 4 is 20.8 Å². The van der Waals surface area contributed by atoms with E-state index in [0.29, 0.717) is 11.4 Å². The van der Waals surface area contributed by atoms with Crippen molar-refractivity contribution < 1.29 is 8.42 Å². The summed E-state index contributed by atoms with van der Waals surface area (Å²) < 4.78 is 31.1. The Bertz CT molecular complexity index is 1070. The molecule has 0 bridgehead atoms. The quantitative estimate of drug-likeness (QED) is 0.665. The van der Waals surface area contributed by atoms with E-state index in [4.69, 9.17) is 0 Å². The van der Waals surface area contributed by atoms with Crippen LogP contribution in [-0.2, 0) is 17.1 Å². The summed E-state index contributed by atoms with van der Waals surface area (Å²) in [6.45, 7) is 2.38. The van der Waals surface area contributed by atoms with Crippen LogP contribution in [0.4, 0.5) is 0 Å². The van der Waals surface area contributed by atoms with Gasteiger partial charge in [-0.3, -0.25) is 4.90 Å². The summed E-state index contributed by atoms with van der Waals surface area (Å²) in [4.78, 5) is 2.75. The summed E-state index contributed by atoms with van der Waals surface area (Å²) in [5, 5.41) is 1.97. The number of hydrogen-bond donors (Lipinski definition) is 1. The fourth-order valence-corrected chi connectivity index (χ4v) is 5.33. The van der Waals surface area contributed by atoms with Crippen LogP contribution >= 0.6 is 0 Å². The van der Waals surface area contributed by atoms with E-state index < -0.39 is 10.0 Å². The van der Waals surface area contributed by atoms with E-state index in [-0.39, 0.29) is 6.04 Å². The molecule has 1 aliphatic rings. The average Bonchev–Trinajstić information content (AvgIpc) is 2.98. The van der Waals surface area contributed by atoms with Crippen LogP contribution in [-0.4, -0.2) is 37.5 Å². The van der Waals surface area contributed by atoms with Crippen molar-refractivity contribution in [1.82, 2.24) is 14.2 Å². The Morgan fingerprint density at radius 1 is 0.931 bits per heavy atom. The molecule has 6 heteroatoms. The van der Waals surface area contributed by atoms with Gasteiger partial charge in [-0.2, -0.15) is 0 Å². The van der Waals surface area contributed by atoms with Gasteiger partial charge in [-0.05, 0) is 61.0 Å². The second-order valence-corrected chi connectivity index (χ2v) is 9.64. The van der Waals surface area contributed by atoms with Gasteiger partial charge in [0.1, 0.15) is 0 Å². The Morgan fingerprint density at radius 2 is 1.66 bits per heavy atom. The third kappa shape index (κ3) is 4.55. The molecule has 1 saturated heterocycles. The van der Waals surface area contributed by atoms with Crippen LogP contribution in [0.5, 0.6) is 0 Å². The van der Waals surface area contributed by atoms with E-state index in [9.17, 15) is 8.42 Å². The molecule has 0 saturated carbocycles. The van der Waals surface area contributed by atoms with Crippen molar-refractivity contribution in [2.24, 2.45) is 7.05 Å². The summed E-state index contributed by atoms with van der Waals surface area (Å²) in [5.74, 6) is 0. The maximum absolute atomic E-state index is 13.0. The van der Waals surface area contributed by atoms with Gasteiger partial charge in [0, 0.05) is 25.5 Å². The Hall–Kier alpha value is -2.15. The topological polar surface area (TPSA) is 54.3 Å². The van der Waals surface area contributed by atoms with Gasteiger partial charge in [0.25, 0.3) is 0 Å². The monoisotopic (exact) mass is 411 g/mol. The standard InChI is InChI=1S/C23H29N3O2S/c1-25-14-8-11-22(25)23(26-15-6-2-3-7-16-26)18-24-29(27,28)21-13-12-19-9-4-5-10-20(19)17-21/h4-5,8-14,17,23-24H,2-3,6-7,15-16,18H2,1H3. The van der Waals surface area contributed by atoms with E-state index in [1.165, 1.54) is 25.7 Å². The molecule has 0 radical (unpaired) electrons. The third-order valence-electron chi connectivity index (χ3n) is 5.90. The van der Waals surface area contributed by atoms with Crippen LogP contribution in [0.25, 0.3) is 10.8 Å². The van der Waals surface area contributed by atoms with Gasteiger partial charge in [0.15, 0.2) is 0 Å². The van der Waals surface area contributed by atoms with Crippen molar-refractivity contribution in [3.05, 3.63) is 66.5 Å². The summed E-state index contributed by atoms with van der Waals surface area (Å²) in [6.07, 6.45) is 6.85. The molecule has 0 spiro atoms. The van der Waals surface area contributed by atoms with Crippen LogP contribution in [0.1, 0.15) is 37.4 Å². The molecule has 3 aromatic rings. The van der Waals surface area contributed by atoms with Crippen LogP contribution < -0.4 is 4.72 Å². The number of fused-ring (bicyclic) bond motifs is 1. The van der Waals surface area contributed by atoms with Crippen molar-refractivity contribution in [2.75, 3.05) is 19.6 Å². The first-order valence-corrected chi connectivity index (χ1v) is 11.9. The van der Waals surface area contributed by atoms with Gasteiger partial charge < -0.3 is 4.57 Å². The Kier molecular flexibility index (Phi) is 6.04. The zero-order valence-corrected chi connectivity index (χ0v) is 17.7. The van der Waals surface area contributed by atoms with Crippen LogP contribution in [0.3, 0.4) is 0 Å². The molecular weight excluding hydrogens is 382 g/mol. The van der Waals surface area contributed by atoms with E-state index in [1.54, 1.807) is 12.1 Å². The second kappa shape index (κ2) is 8.69. The number of rotatable bonds is 6. The molecule has 1 atom stereocenters. The zero-order valence-electron chi connectivity index (χ0n) is 16.9. The zero-order chi connectivity index (χ0) is 20.3. The lowest BCUT2D eigenvalue weighted by Crippen LogP contribution is -2.39. The highest BCUT2D eigenvalue weighted by Gasteiger charge is 2.25. The highest BCUT2D eigenvalue weighted by molar-refractivity contribution is 7.89. The van der Waals surface area contributed by atoms with Crippen LogP contribution in [0.2, 0.25) is 0 Å². The molecular formula is C23H29N3O2S. The highest BCUT2D eigenvalue weighted by Crippen LogP contribution is 2.25. The lowest BCUT2D eigenvalue weighted by Gasteiger charge is -2.31. The first-order chi connectivity index (χ1) is 14.0. The molecule has 0 amide bonds. The number of likely N-dealkylation sites (tertiary alicyclic amines) is 1. The van der Waals surface area contributed by atoms with Crippen LogP contribution in [0, 0.1) is 0 Å². The molecule has 1 N–H and O–H groups in total. The number of aryl methyl sites for hydroxylation is 1. The van der Waals surface area contributed by atoms with Crippen molar-refractivity contribution in [2.45, 2.75) is 36.6 Å². The number of nitrogens with zero attached hydrogens (tertiary/aromatic N) is 2. The van der Waals surface area contributed by atoms with Gasteiger partial charge >= 0.3 is 0 Å². The predicted octanol–water partition coefficient (Wildman–Crippen LogP) is 4.07. The van der Waals surface area contributed by atoms with Gasteiger partial charge in [0.05, 0.1) is 10.9 Å². The molecule has 29 heavy (non-hydrogen) atoms.